The van der Waals surface area contributed by atoms with Crippen molar-refractivity contribution < 1.29 is 13.2 Å². The van der Waals surface area contributed by atoms with Crippen molar-refractivity contribution in [3.05, 3.63) is 78.5 Å². The van der Waals surface area contributed by atoms with Crippen LogP contribution in [0.25, 0.3) is 11.1 Å². The molecule has 1 aliphatic carbocycles. The van der Waals surface area contributed by atoms with Gasteiger partial charge in [-0.15, -0.1) is 0 Å². The lowest BCUT2D eigenvalue weighted by Gasteiger charge is -2.08. The van der Waals surface area contributed by atoms with Gasteiger partial charge in [-0.25, -0.2) is 18.1 Å². The van der Waals surface area contributed by atoms with Crippen molar-refractivity contribution in [2.75, 3.05) is 5.32 Å². The molecule has 0 spiro atoms. The Morgan fingerprint density at radius 3 is 2.21 bits per heavy atom. The van der Waals surface area contributed by atoms with Crippen LogP contribution in [0.5, 0.6) is 0 Å². The summed E-state index contributed by atoms with van der Waals surface area (Å²) >= 11 is 0. The topological polar surface area (TPSA) is 88.2 Å². The number of carbonyl (C=O) groups excluding carboxylic acids is 1. The molecule has 1 fully saturated rings. The number of rotatable bonds is 6. The minimum absolute atomic E-state index is 0.0397. The van der Waals surface area contributed by atoms with Crippen molar-refractivity contribution in [1.29, 1.82) is 0 Å². The van der Waals surface area contributed by atoms with Gasteiger partial charge in [-0.2, -0.15) is 0 Å². The van der Waals surface area contributed by atoms with Crippen molar-refractivity contribution in [3.8, 4) is 11.1 Å². The maximum atomic E-state index is 12.4. The molecule has 28 heavy (non-hydrogen) atoms. The van der Waals surface area contributed by atoms with Gasteiger partial charge in [0.1, 0.15) is 5.82 Å². The van der Waals surface area contributed by atoms with E-state index in [1.54, 1.807) is 12.3 Å². The summed E-state index contributed by atoms with van der Waals surface area (Å²) in [6.45, 7) is 0. The van der Waals surface area contributed by atoms with E-state index in [1.165, 1.54) is 24.3 Å². The minimum atomic E-state index is -3.52. The van der Waals surface area contributed by atoms with Gasteiger partial charge < -0.3 is 5.32 Å². The third kappa shape index (κ3) is 4.27. The Morgan fingerprint density at radius 1 is 0.893 bits per heavy atom. The van der Waals surface area contributed by atoms with Gasteiger partial charge >= 0.3 is 0 Å². The zero-order valence-corrected chi connectivity index (χ0v) is 15.8. The summed E-state index contributed by atoms with van der Waals surface area (Å²) in [4.78, 5) is 16.8. The minimum Gasteiger partial charge on any atom is -0.307 e. The monoisotopic (exact) mass is 393 g/mol. The fourth-order valence-electron chi connectivity index (χ4n) is 2.73. The van der Waals surface area contributed by atoms with Gasteiger partial charge in [0.2, 0.25) is 10.0 Å². The Labute approximate surface area is 163 Å². The number of pyridine rings is 1. The van der Waals surface area contributed by atoms with Crippen LogP contribution in [0, 0.1) is 0 Å². The second-order valence-corrected chi connectivity index (χ2v) is 8.39. The highest BCUT2D eigenvalue weighted by atomic mass is 32.2. The predicted molar refractivity (Wildman–Crippen MR) is 107 cm³/mol. The molecule has 0 aliphatic heterocycles. The van der Waals surface area contributed by atoms with Crippen molar-refractivity contribution in [2.45, 2.75) is 23.8 Å². The van der Waals surface area contributed by atoms with Gasteiger partial charge in [0.05, 0.1) is 4.90 Å². The van der Waals surface area contributed by atoms with Crippen molar-refractivity contribution >= 4 is 21.7 Å². The summed E-state index contributed by atoms with van der Waals surface area (Å²) in [5.74, 6) is 0.0795. The maximum Gasteiger partial charge on any atom is 0.256 e. The molecule has 0 saturated heterocycles. The number of carbonyl (C=O) groups is 1. The van der Waals surface area contributed by atoms with E-state index in [2.05, 4.69) is 15.0 Å². The van der Waals surface area contributed by atoms with Crippen LogP contribution >= 0.6 is 0 Å². The standard InChI is InChI=1S/C21H19N3O3S/c25-21(16-6-11-19(12-7-16)28(26,27)24-18-9-10-18)23-20-13-8-17(14-22-20)15-4-2-1-3-5-15/h1-8,11-14,18,24H,9-10H2,(H,22,23,25). The van der Waals surface area contributed by atoms with Crippen LogP contribution in [-0.4, -0.2) is 25.4 Å². The first-order chi connectivity index (χ1) is 13.5. The highest BCUT2D eigenvalue weighted by Crippen LogP contribution is 2.22. The Hall–Kier alpha value is -3.03. The fourth-order valence-corrected chi connectivity index (χ4v) is 4.04. The molecule has 3 aromatic rings. The smallest absolute Gasteiger partial charge is 0.256 e. The molecular formula is C21H19N3O3S. The number of amides is 1. The lowest BCUT2D eigenvalue weighted by atomic mass is 10.1. The number of hydrogen-bond donors (Lipinski definition) is 2. The van der Waals surface area contributed by atoms with Crippen LogP contribution in [0.1, 0.15) is 23.2 Å². The Balaban J connectivity index is 1.43. The molecular weight excluding hydrogens is 374 g/mol. The molecule has 1 amide bonds. The first-order valence-electron chi connectivity index (χ1n) is 8.96. The molecule has 7 heteroatoms. The van der Waals surface area contributed by atoms with E-state index in [0.29, 0.717) is 11.4 Å². The quantitative estimate of drug-likeness (QED) is 0.671. The van der Waals surface area contributed by atoms with Crippen molar-refractivity contribution in [3.63, 3.8) is 0 Å². The second-order valence-electron chi connectivity index (χ2n) is 6.67. The fraction of sp³-hybridized carbons (Fsp3) is 0.143. The highest BCUT2D eigenvalue weighted by Gasteiger charge is 2.27. The molecule has 6 nitrogen and oxygen atoms in total. The van der Waals surface area contributed by atoms with Crippen molar-refractivity contribution in [2.24, 2.45) is 0 Å². The van der Waals surface area contributed by atoms with E-state index >= 15 is 0 Å². The van der Waals surface area contributed by atoms with Gasteiger partial charge in [-0.1, -0.05) is 30.3 Å². The molecule has 0 atom stereocenters. The van der Waals surface area contributed by atoms with Crippen LogP contribution in [0.3, 0.4) is 0 Å². The van der Waals surface area contributed by atoms with E-state index in [1.807, 2.05) is 36.4 Å². The molecule has 2 N–H and O–H groups in total. The summed E-state index contributed by atoms with van der Waals surface area (Å²) in [5.41, 5.74) is 2.36. The SMILES string of the molecule is O=C(Nc1ccc(-c2ccccc2)cn1)c1ccc(S(=O)(=O)NC2CC2)cc1. The Bertz CT molecular complexity index is 1080. The third-order valence-electron chi connectivity index (χ3n) is 4.44. The highest BCUT2D eigenvalue weighted by molar-refractivity contribution is 7.89. The van der Waals surface area contributed by atoms with Gasteiger partial charge in [0.25, 0.3) is 5.91 Å². The first kappa shape index (κ1) is 18.3. The van der Waals surface area contributed by atoms with Gasteiger partial charge in [-0.05, 0) is 54.8 Å². The molecule has 0 radical (unpaired) electrons. The molecule has 1 saturated carbocycles. The number of benzene rings is 2. The van der Waals surface area contributed by atoms with E-state index in [0.717, 1.165) is 24.0 Å². The van der Waals surface area contributed by atoms with Gasteiger partial charge in [-0.3, -0.25) is 4.79 Å². The normalized spacial score (nSPS) is 13.9. The summed E-state index contributed by atoms with van der Waals surface area (Å²) in [5, 5.41) is 2.72. The molecule has 4 rings (SSSR count). The molecule has 1 aliphatic rings. The van der Waals surface area contributed by atoms with Crippen molar-refractivity contribution in [1.82, 2.24) is 9.71 Å². The lowest BCUT2D eigenvalue weighted by molar-refractivity contribution is 0.102. The zero-order chi connectivity index (χ0) is 19.6. The van der Waals surface area contributed by atoms with Crippen LogP contribution in [0.4, 0.5) is 5.82 Å². The molecule has 0 bridgehead atoms. The number of aromatic nitrogens is 1. The number of nitrogens with zero attached hydrogens (tertiary/aromatic N) is 1. The van der Waals surface area contributed by atoms with Gasteiger partial charge in [0, 0.05) is 23.4 Å². The average Bonchev–Trinajstić information content (AvgIpc) is 3.53. The number of hydrogen-bond acceptors (Lipinski definition) is 4. The molecule has 142 valence electrons. The summed E-state index contributed by atoms with van der Waals surface area (Å²) < 4.78 is 27.0. The number of sulfonamides is 1. The molecule has 1 aromatic heterocycles. The molecule has 0 unspecified atom stereocenters. The number of anilines is 1. The number of nitrogens with one attached hydrogen (secondary N) is 2. The summed E-state index contributed by atoms with van der Waals surface area (Å²) in [7, 11) is -3.52. The third-order valence-corrected chi connectivity index (χ3v) is 5.97. The average molecular weight is 393 g/mol. The van der Waals surface area contributed by atoms with E-state index in [9.17, 15) is 13.2 Å². The zero-order valence-electron chi connectivity index (χ0n) is 15.0. The van der Waals surface area contributed by atoms with E-state index in [4.69, 9.17) is 0 Å². The van der Waals surface area contributed by atoms with Crippen LogP contribution < -0.4 is 10.0 Å². The predicted octanol–water partition coefficient (Wildman–Crippen LogP) is 3.44. The van der Waals surface area contributed by atoms with Crippen LogP contribution in [0.15, 0.2) is 77.8 Å². The van der Waals surface area contributed by atoms with Crippen LogP contribution in [-0.2, 0) is 10.0 Å². The maximum absolute atomic E-state index is 12.4. The van der Waals surface area contributed by atoms with E-state index < -0.39 is 10.0 Å². The second kappa shape index (κ2) is 7.53. The lowest BCUT2D eigenvalue weighted by Crippen LogP contribution is -2.25. The van der Waals surface area contributed by atoms with E-state index in [-0.39, 0.29) is 16.8 Å². The first-order valence-corrected chi connectivity index (χ1v) is 10.4. The Morgan fingerprint density at radius 2 is 1.61 bits per heavy atom. The molecule has 2 aromatic carbocycles. The summed E-state index contributed by atoms with van der Waals surface area (Å²) in [6, 6.07) is 19.4. The molecule has 1 heterocycles. The Kier molecular flexibility index (Phi) is 4.93. The van der Waals surface area contributed by atoms with Gasteiger partial charge in [0.15, 0.2) is 0 Å². The summed E-state index contributed by atoms with van der Waals surface area (Å²) in [6.07, 6.45) is 3.44. The van der Waals surface area contributed by atoms with Crippen LogP contribution in [0.2, 0.25) is 0 Å². The largest absolute Gasteiger partial charge is 0.307 e.